The zero-order valence-corrected chi connectivity index (χ0v) is 19.9. The van der Waals surface area contributed by atoms with E-state index < -0.39 is 11.7 Å². The third-order valence-corrected chi connectivity index (χ3v) is 6.67. The number of benzene rings is 2. The highest BCUT2D eigenvalue weighted by Crippen LogP contribution is 2.42. The summed E-state index contributed by atoms with van der Waals surface area (Å²) >= 11 is 1.15. The van der Waals surface area contributed by atoms with Crippen molar-refractivity contribution in [3.63, 3.8) is 0 Å². The number of fused-ring (bicyclic) bond motifs is 2. The number of ether oxygens (including phenoxy) is 1. The molecule has 4 aromatic rings. The summed E-state index contributed by atoms with van der Waals surface area (Å²) in [5, 5.41) is 12.9. The van der Waals surface area contributed by atoms with Gasteiger partial charge in [0.25, 0.3) is 0 Å². The van der Waals surface area contributed by atoms with E-state index in [1.807, 2.05) is 0 Å². The zero-order chi connectivity index (χ0) is 25.2. The topological polar surface area (TPSA) is 97.2 Å². The second kappa shape index (κ2) is 10.00. The van der Waals surface area contributed by atoms with Crippen LogP contribution in [0.1, 0.15) is 22.4 Å². The fraction of sp³-hybridized carbons (Fsp3) is 0.154. The van der Waals surface area contributed by atoms with E-state index in [-0.39, 0.29) is 23.9 Å². The van der Waals surface area contributed by atoms with E-state index in [1.54, 1.807) is 37.4 Å². The lowest BCUT2D eigenvalue weighted by atomic mass is 9.99. The van der Waals surface area contributed by atoms with Gasteiger partial charge in [0.1, 0.15) is 16.7 Å². The predicted molar refractivity (Wildman–Crippen MR) is 131 cm³/mol. The van der Waals surface area contributed by atoms with E-state index in [9.17, 15) is 18.7 Å². The number of para-hydroxylation sites is 1. The molecule has 3 heterocycles. The van der Waals surface area contributed by atoms with Crippen molar-refractivity contribution in [3.8, 4) is 23.0 Å². The van der Waals surface area contributed by atoms with Crippen LogP contribution in [-0.2, 0) is 17.8 Å². The molecule has 5 rings (SSSR count). The quantitative estimate of drug-likeness (QED) is 0.246. The molecule has 182 valence electrons. The van der Waals surface area contributed by atoms with Crippen molar-refractivity contribution in [1.29, 1.82) is 0 Å². The third kappa shape index (κ3) is 4.77. The molecule has 7 nitrogen and oxygen atoms in total. The molecule has 0 atom stereocenters. The van der Waals surface area contributed by atoms with Gasteiger partial charge in [-0.15, -0.1) is 0 Å². The Morgan fingerprint density at radius 1 is 1.11 bits per heavy atom. The van der Waals surface area contributed by atoms with Gasteiger partial charge >= 0.3 is 0 Å². The summed E-state index contributed by atoms with van der Waals surface area (Å²) < 4.78 is 33.6. The minimum Gasteiger partial charge on any atom is -0.436 e. The summed E-state index contributed by atoms with van der Waals surface area (Å²) in [4.78, 5) is 26.1. The van der Waals surface area contributed by atoms with Crippen molar-refractivity contribution >= 4 is 23.4 Å². The van der Waals surface area contributed by atoms with Crippen molar-refractivity contribution < 1.29 is 23.4 Å². The standard InChI is InChI=1S/C26H20F2N4O3S/c1-14-23-18(16(12-33)11-29-14)10-19-25(35-23)31-24(15-6-8-17(27)9-7-15)32-26(19)36-13-22(34)30-21-5-3-2-4-20(21)28/h2-9,11,33H,10,12-13H2,1H3,(H,30,34). The molecule has 2 N–H and O–H groups in total. The van der Waals surface area contributed by atoms with Crippen LogP contribution in [0.5, 0.6) is 11.6 Å². The van der Waals surface area contributed by atoms with Crippen LogP contribution in [0.25, 0.3) is 11.4 Å². The first kappa shape index (κ1) is 23.8. The van der Waals surface area contributed by atoms with Crippen LogP contribution >= 0.6 is 11.8 Å². The molecule has 0 radical (unpaired) electrons. The Kier molecular flexibility index (Phi) is 6.62. The second-order valence-corrected chi connectivity index (χ2v) is 9.04. The molecular weight excluding hydrogens is 486 g/mol. The molecule has 2 aromatic heterocycles. The number of hydrogen-bond acceptors (Lipinski definition) is 7. The second-order valence-electron chi connectivity index (χ2n) is 8.07. The van der Waals surface area contributed by atoms with Crippen molar-refractivity contribution in [2.24, 2.45) is 0 Å². The summed E-state index contributed by atoms with van der Waals surface area (Å²) in [6, 6.07) is 11.7. The fourth-order valence-electron chi connectivity index (χ4n) is 3.82. The van der Waals surface area contributed by atoms with Crippen molar-refractivity contribution in [3.05, 3.63) is 88.7 Å². The number of pyridine rings is 1. The first-order valence-corrected chi connectivity index (χ1v) is 12.0. The van der Waals surface area contributed by atoms with Crippen LogP contribution < -0.4 is 10.1 Å². The third-order valence-electron chi connectivity index (χ3n) is 5.65. The molecule has 0 spiro atoms. The van der Waals surface area contributed by atoms with E-state index in [1.165, 1.54) is 24.3 Å². The number of hydrogen-bond donors (Lipinski definition) is 2. The highest BCUT2D eigenvalue weighted by atomic mass is 32.2. The van der Waals surface area contributed by atoms with Gasteiger partial charge in [0.2, 0.25) is 11.8 Å². The highest BCUT2D eigenvalue weighted by Gasteiger charge is 2.28. The average Bonchev–Trinajstić information content (AvgIpc) is 2.88. The number of rotatable bonds is 6. The van der Waals surface area contributed by atoms with Crippen LogP contribution in [0.4, 0.5) is 14.5 Å². The largest absolute Gasteiger partial charge is 0.436 e. The maximum atomic E-state index is 13.9. The van der Waals surface area contributed by atoms with E-state index in [2.05, 4.69) is 20.3 Å². The maximum absolute atomic E-state index is 13.9. The lowest BCUT2D eigenvalue weighted by Gasteiger charge is -2.24. The van der Waals surface area contributed by atoms with Crippen LogP contribution in [0.15, 0.2) is 59.8 Å². The van der Waals surface area contributed by atoms with E-state index in [4.69, 9.17) is 4.74 Å². The first-order chi connectivity index (χ1) is 17.4. The summed E-state index contributed by atoms with van der Waals surface area (Å²) in [6.45, 7) is 1.59. The Morgan fingerprint density at radius 3 is 2.64 bits per heavy atom. The minimum atomic E-state index is -0.528. The van der Waals surface area contributed by atoms with Gasteiger partial charge in [-0.25, -0.2) is 13.8 Å². The molecular formula is C26H20F2N4O3S. The van der Waals surface area contributed by atoms with Crippen LogP contribution in [-0.4, -0.2) is 31.7 Å². The van der Waals surface area contributed by atoms with Gasteiger partial charge in [-0.3, -0.25) is 9.78 Å². The fourth-order valence-corrected chi connectivity index (χ4v) is 4.65. The number of carbonyl (C=O) groups excluding carboxylic acids is 1. The van der Waals surface area contributed by atoms with Crippen LogP contribution in [0, 0.1) is 18.6 Å². The minimum absolute atomic E-state index is 0.0459. The van der Waals surface area contributed by atoms with Crippen molar-refractivity contribution in [2.75, 3.05) is 11.1 Å². The number of nitrogens with zero attached hydrogens (tertiary/aromatic N) is 3. The number of aromatic nitrogens is 3. The summed E-state index contributed by atoms with van der Waals surface area (Å²) in [6.07, 6.45) is 1.97. The van der Waals surface area contributed by atoms with Crippen LogP contribution in [0.2, 0.25) is 0 Å². The number of thioether (sulfide) groups is 1. The molecule has 36 heavy (non-hydrogen) atoms. The van der Waals surface area contributed by atoms with Gasteiger partial charge in [0, 0.05) is 29.3 Å². The Balaban J connectivity index is 1.50. The molecule has 0 saturated carbocycles. The average molecular weight is 507 g/mol. The van der Waals surface area contributed by atoms with Gasteiger partial charge in [-0.05, 0) is 43.3 Å². The Labute approximate surface area is 209 Å². The van der Waals surface area contributed by atoms with Crippen LogP contribution in [0.3, 0.4) is 0 Å². The Hall–Kier alpha value is -3.89. The zero-order valence-electron chi connectivity index (χ0n) is 19.1. The number of nitrogens with one attached hydrogen (secondary N) is 1. The summed E-state index contributed by atoms with van der Waals surface area (Å²) in [7, 11) is 0. The smallest absolute Gasteiger partial charge is 0.234 e. The summed E-state index contributed by atoms with van der Waals surface area (Å²) in [5.41, 5.74) is 3.36. The molecule has 0 bridgehead atoms. The lowest BCUT2D eigenvalue weighted by Crippen LogP contribution is -2.16. The highest BCUT2D eigenvalue weighted by molar-refractivity contribution is 8.00. The lowest BCUT2D eigenvalue weighted by molar-refractivity contribution is -0.113. The summed E-state index contributed by atoms with van der Waals surface area (Å²) in [5.74, 6) is -0.249. The molecule has 0 saturated heterocycles. The number of halogens is 2. The number of carbonyl (C=O) groups is 1. The maximum Gasteiger partial charge on any atom is 0.234 e. The number of amides is 1. The van der Waals surface area contributed by atoms with Gasteiger partial charge in [-0.2, -0.15) is 4.98 Å². The Bertz CT molecular complexity index is 1460. The molecule has 10 heteroatoms. The molecule has 1 aliphatic heterocycles. The van der Waals surface area contributed by atoms with Gasteiger partial charge < -0.3 is 15.2 Å². The number of aliphatic hydroxyl groups is 1. The van der Waals surface area contributed by atoms with Gasteiger partial charge in [0.05, 0.1) is 29.3 Å². The van der Waals surface area contributed by atoms with E-state index in [0.717, 1.165) is 17.3 Å². The van der Waals surface area contributed by atoms with E-state index >= 15 is 0 Å². The van der Waals surface area contributed by atoms with Crippen molar-refractivity contribution in [2.45, 2.75) is 25.0 Å². The van der Waals surface area contributed by atoms with E-state index in [0.29, 0.717) is 51.3 Å². The SMILES string of the molecule is Cc1ncc(CO)c2c1Oc1nc(-c3ccc(F)cc3)nc(SCC(=O)Nc3ccccc3F)c1C2. The first-order valence-electron chi connectivity index (χ1n) is 11.0. The molecule has 0 fully saturated rings. The number of anilines is 1. The number of aryl methyl sites for hydroxylation is 1. The van der Waals surface area contributed by atoms with Crippen molar-refractivity contribution in [1.82, 2.24) is 15.0 Å². The molecule has 0 aliphatic carbocycles. The Morgan fingerprint density at radius 2 is 1.89 bits per heavy atom. The van der Waals surface area contributed by atoms with Gasteiger partial charge in [-0.1, -0.05) is 23.9 Å². The predicted octanol–water partition coefficient (Wildman–Crippen LogP) is 5.04. The molecule has 2 aromatic carbocycles. The number of aliphatic hydroxyl groups excluding tert-OH is 1. The molecule has 0 unspecified atom stereocenters. The molecule has 1 amide bonds. The monoisotopic (exact) mass is 506 g/mol. The normalized spacial score (nSPS) is 11.9. The molecule has 1 aliphatic rings. The van der Waals surface area contributed by atoms with Gasteiger partial charge in [0.15, 0.2) is 11.6 Å².